The maximum Gasteiger partial charge on any atom is 0.113 e. The molecule has 0 aromatic heterocycles. The van der Waals surface area contributed by atoms with Crippen LogP contribution in [0.15, 0.2) is 12.0 Å². The van der Waals surface area contributed by atoms with Gasteiger partial charge in [-0.05, 0) is 54.1 Å². The molecular weight excluding hydrogens is 250 g/mol. The van der Waals surface area contributed by atoms with Crippen LogP contribution in [0.4, 0.5) is 0 Å². The Morgan fingerprint density at radius 1 is 0.850 bits per heavy atom. The maximum absolute atomic E-state index is 10.2. The zero-order valence-corrected chi connectivity index (χ0v) is 14.6. The second-order valence-electron chi connectivity index (χ2n) is 7.11. The summed E-state index contributed by atoms with van der Waals surface area (Å²) >= 11 is 0. The first-order chi connectivity index (χ1) is 9.12. The molecule has 0 saturated carbocycles. The average Bonchev–Trinajstić information content (AvgIpc) is 2.26. The minimum absolute atomic E-state index is 0.179. The molecule has 0 amide bonds. The second kappa shape index (κ2) is 9.24. The molecule has 0 bridgehead atoms. The minimum atomic E-state index is -0.179. The summed E-state index contributed by atoms with van der Waals surface area (Å²) in [6.45, 7) is 10.3. The van der Waals surface area contributed by atoms with Gasteiger partial charge in [0.1, 0.15) is 5.76 Å². The molecule has 0 atom stereocenters. The first kappa shape index (κ1) is 19.3. The zero-order valence-electron chi connectivity index (χ0n) is 14.6. The first-order valence-electron chi connectivity index (χ1n) is 7.57. The van der Waals surface area contributed by atoms with Crippen molar-refractivity contribution in [2.45, 2.75) is 33.6 Å². The lowest BCUT2D eigenvalue weighted by molar-refractivity contribution is 0.244. The highest BCUT2D eigenvalue weighted by molar-refractivity contribution is 5.00. The van der Waals surface area contributed by atoms with Gasteiger partial charge in [-0.25, -0.2) is 0 Å². The molecule has 0 fully saturated rings. The van der Waals surface area contributed by atoms with Crippen LogP contribution in [0, 0.1) is 5.41 Å². The van der Waals surface area contributed by atoms with Gasteiger partial charge in [-0.1, -0.05) is 20.8 Å². The van der Waals surface area contributed by atoms with Gasteiger partial charge < -0.3 is 19.8 Å². The number of aliphatic hydroxyl groups excluding tert-OH is 1. The molecule has 120 valence electrons. The van der Waals surface area contributed by atoms with Crippen LogP contribution in [-0.2, 0) is 0 Å². The molecule has 0 aromatic carbocycles. The number of aliphatic hydroxyl groups is 1. The van der Waals surface area contributed by atoms with E-state index < -0.39 is 0 Å². The van der Waals surface area contributed by atoms with Crippen molar-refractivity contribution in [2.24, 2.45) is 5.41 Å². The lowest BCUT2D eigenvalue weighted by atomic mass is 9.94. The van der Waals surface area contributed by atoms with Crippen LogP contribution >= 0.6 is 0 Å². The van der Waals surface area contributed by atoms with E-state index in [4.69, 9.17) is 0 Å². The third kappa shape index (κ3) is 10.1. The van der Waals surface area contributed by atoms with Gasteiger partial charge in [-0.3, -0.25) is 0 Å². The lowest BCUT2D eigenvalue weighted by Gasteiger charge is -2.26. The molecule has 0 radical (unpaired) electrons. The summed E-state index contributed by atoms with van der Waals surface area (Å²) in [7, 11) is 8.38. The van der Waals surface area contributed by atoms with Gasteiger partial charge in [0.05, 0.1) is 0 Å². The third-order valence-electron chi connectivity index (χ3n) is 3.17. The van der Waals surface area contributed by atoms with E-state index >= 15 is 0 Å². The number of allylic oxidation sites excluding steroid dienone is 1. The first-order valence-corrected chi connectivity index (χ1v) is 7.57. The van der Waals surface area contributed by atoms with Crippen LogP contribution in [0.3, 0.4) is 0 Å². The Kier molecular flexibility index (Phi) is 8.90. The summed E-state index contributed by atoms with van der Waals surface area (Å²) in [4.78, 5) is 6.66. The van der Waals surface area contributed by atoms with Crippen LogP contribution in [-0.4, -0.2) is 74.2 Å². The fraction of sp³-hybridized carbons (Fsp3) is 0.875. The number of rotatable bonds is 9. The van der Waals surface area contributed by atoms with E-state index in [-0.39, 0.29) is 5.41 Å². The van der Waals surface area contributed by atoms with Crippen LogP contribution < -0.4 is 0 Å². The molecule has 0 spiro atoms. The van der Waals surface area contributed by atoms with Crippen molar-refractivity contribution in [1.29, 1.82) is 0 Å². The van der Waals surface area contributed by atoms with Gasteiger partial charge >= 0.3 is 0 Å². The van der Waals surface area contributed by atoms with E-state index in [2.05, 4.69) is 42.9 Å². The molecule has 1 N–H and O–H groups in total. The van der Waals surface area contributed by atoms with E-state index in [0.29, 0.717) is 5.76 Å². The monoisotopic (exact) mass is 285 g/mol. The van der Waals surface area contributed by atoms with Gasteiger partial charge in [0.25, 0.3) is 0 Å². The molecule has 0 saturated heterocycles. The summed E-state index contributed by atoms with van der Waals surface area (Å²) in [5, 5.41) is 10.2. The van der Waals surface area contributed by atoms with Crippen LogP contribution in [0.25, 0.3) is 0 Å². The van der Waals surface area contributed by atoms with Crippen LogP contribution in [0.5, 0.6) is 0 Å². The quantitative estimate of drug-likeness (QED) is 0.660. The topological polar surface area (TPSA) is 30.0 Å². The highest BCUT2D eigenvalue weighted by atomic mass is 16.3. The van der Waals surface area contributed by atoms with Crippen molar-refractivity contribution >= 4 is 0 Å². The SMILES string of the molecule is CN(C)CCCN(C=C(O)C(C)(C)C)CCCN(C)C. The Labute approximate surface area is 126 Å². The number of nitrogens with zero attached hydrogens (tertiary/aromatic N) is 3. The molecule has 0 heterocycles. The lowest BCUT2D eigenvalue weighted by Crippen LogP contribution is -2.27. The molecule has 0 rings (SSSR count). The van der Waals surface area contributed by atoms with Crippen molar-refractivity contribution in [3.8, 4) is 0 Å². The number of hydrogen-bond donors (Lipinski definition) is 1. The normalized spacial score (nSPS) is 13.3. The molecule has 4 heteroatoms. The second-order valence-corrected chi connectivity index (χ2v) is 7.11. The highest BCUT2D eigenvalue weighted by Gasteiger charge is 2.17. The van der Waals surface area contributed by atoms with E-state index in [0.717, 1.165) is 39.0 Å². The molecule has 0 aliphatic heterocycles. The molecule has 20 heavy (non-hydrogen) atoms. The van der Waals surface area contributed by atoms with Crippen molar-refractivity contribution in [3.63, 3.8) is 0 Å². The average molecular weight is 285 g/mol. The van der Waals surface area contributed by atoms with Crippen molar-refractivity contribution in [3.05, 3.63) is 12.0 Å². The Balaban J connectivity index is 4.45. The summed E-state index contributed by atoms with van der Waals surface area (Å²) in [6, 6.07) is 0. The fourth-order valence-electron chi connectivity index (χ4n) is 1.79. The predicted octanol–water partition coefficient (Wildman–Crippen LogP) is 2.64. The Bertz CT molecular complexity index is 266. The smallest absolute Gasteiger partial charge is 0.113 e. The zero-order chi connectivity index (χ0) is 15.8. The van der Waals surface area contributed by atoms with E-state index in [9.17, 15) is 5.11 Å². The van der Waals surface area contributed by atoms with Gasteiger partial charge in [0.2, 0.25) is 0 Å². The van der Waals surface area contributed by atoms with Gasteiger partial charge in [0, 0.05) is 24.7 Å². The van der Waals surface area contributed by atoms with E-state index in [1.165, 1.54) is 0 Å². The Morgan fingerprint density at radius 3 is 1.55 bits per heavy atom. The Morgan fingerprint density at radius 2 is 1.25 bits per heavy atom. The number of hydrogen-bond acceptors (Lipinski definition) is 4. The van der Waals surface area contributed by atoms with Gasteiger partial charge in [-0.15, -0.1) is 0 Å². The van der Waals surface area contributed by atoms with E-state index in [1.807, 2.05) is 27.0 Å². The standard InChI is InChI=1S/C16H35N3O/c1-16(2,3)15(20)14-19(12-8-10-17(4)5)13-9-11-18(6)7/h14,20H,8-13H2,1-7H3. The molecule has 0 aliphatic rings. The van der Waals surface area contributed by atoms with Crippen molar-refractivity contribution in [2.75, 3.05) is 54.4 Å². The van der Waals surface area contributed by atoms with Crippen molar-refractivity contribution in [1.82, 2.24) is 14.7 Å². The van der Waals surface area contributed by atoms with E-state index in [1.54, 1.807) is 0 Å². The summed E-state index contributed by atoms with van der Waals surface area (Å²) in [6.07, 6.45) is 4.16. The minimum Gasteiger partial charge on any atom is -0.510 e. The molecule has 4 nitrogen and oxygen atoms in total. The van der Waals surface area contributed by atoms with Crippen LogP contribution in [0.1, 0.15) is 33.6 Å². The summed E-state index contributed by atoms with van der Waals surface area (Å²) in [5.74, 6) is 0.465. The molecule has 0 aliphatic carbocycles. The third-order valence-corrected chi connectivity index (χ3v) is 3.17. The molecule has 0 unspecified atom stereocenters. The fourth-order valence-corrected chi connectivity index (χ4v) is 1.79. The molecule has 0 aromatic rings. The predicted molar refractivity (Wildman–Crippen MR) is 88.1 cm³/mol. The van der Waals surface area contributed by atoms with Crippen molar-refractivity contribution < 1.29 is 5.11 Å². The Hall–Kier alpha value is -0.740. The van der Waals surface area contributed by atoms with Gasteiger partial charge in [-0.2, -0.15) is 0 Å². The van der Waals surface area contributed by atoms with Gasteiger partial charge in [0.15, 0.2) is 0 Å². The van der Waals surface area contributed by atoms with Crippen LogP contribution in [0.2, 0.25) is 0 Å². The maximum atomic E-state index is 10.2. The summed E-state index contributed by atoms with van der Waals surface area (Å²) in [5.41, 5.74) is -0.179. The highest BCUT2D eigenvalue weighted by Crippen LogP contribution is 2.22. The summed E-state index contributed by atoms with van der Waals surface area (Å²) < 4.78 is 0. The largest absolute Gasteiger partial charge is 0.510 e. The molecular formula is C16H35N3O.